The molecule has 2 aromatic heterocycles. The fourth-order valence-corrected chi connectivity index (χ4v) is 12.8. The van der Waals surface area contributed by atoms with E-state index < -0.39 is 81.6 Å². The summed E-state index contributed by atoms with van der Waals surface area (Å²) >= 11 is 3.68. The molecule has 10 atom stereocenters. The Labute approximate surface area is 429 Å². The number of aliphatic hydroxyl groups is 3. The third kappa shape index (κ3) is 10.3. The first kappa shape index (κ1) is 56.2. The molecule has 2 aromatic carbocycles. The lowest BCUT2D eigenvalue weighted by molar-refractivity contribution is -0.126. The van der Waals surface area contributed by atoms with E-state index in [1.54, 1.807) is 12.2 Å². The maximum Gasteiger partial charge on any atom is 0.265 e. The van der Waals surface area contributed by atoms with Crippen LogP contribution >= 0.6 is 15.9 Å². The molecule has 4 aromatic rings. The van der Waals surface area contributed by atoms with Gasteiger partial charge in [0, 0.05) is 11.8 Å². The van der Waals surface area contributed by atoms with Crippen LogP contribution in [0.4, 0.5) is 0 Å². The van der Waals surface area contributed by atoms with Gasteiger partial charge in [-0.1, -0.05) is 150 Å². The fraction of sp³-hybridized carbons (Fsp3) is 0.547. The predicted octanol–water partition coefficient (Wildman–Crippen LogP) is 9.48. The Morgan fingerprint density at radius 1 is 0.634 bits per heavy atom. The Kier molecular flexibility index (Phi) is 16.4. The molecule has 4 aliphatic carbocycles. The van der Waals surface area contributed by atoms with Crippen molar-refractivity contribution < 1.29 is 52.3 Å². The molecule has 18 heteroatoms. The number of hydrogen-bond acceptors (Lipinski definition) is 15. The summed E-state index contributed by atoms with van der Waals surface area (Å²) in [5.74, 6) is -1.49. The van der Waals surface area contributed by atoms with Crippen LogP contribution < -0.4 is 9.47 Å². The average Bonchev–Trinajstić information content (AvgIpc) is 3.90. The number of ketones is 2. The van der Waals surface area contributed by atoms with Gasteiger partial charge in [0.25, 0.3) is 11.8 Å². The van der Waals surface area contributed by atoms with Gasteiger partial charge >= 0.3 is 0 Å². The molecule has 0 saturated carbocycles. The minimum atomic E-state index is -2.47. The topological polar surface area (TPSA) is 190 Å². The first-order valence-electron chi connectivity index (χ1n) is 23.8. The molecule has 8 rings (SSSR count). The third-order valence-corrected chi connectivity index (χ3v) is 25.0. The second-order valence-electron chi connectivity index (χ2n) is 22.5. The van der Waals surface area contributed by atoms with E-state index >= 15 is 0 Å². The lowest BCUT2D eigenvalue weighted by Gasteiger charge is -2.52. The van der Waals surface area contributed by atoms with Crippen molar-refractivity contribution in [3.63, 3.8) is 0 Å². The summed E-state index contributed by atoms with van der Waals surface area (Å²) in [6.07, 6.45) is 4.09. The van der Waals surface area contributed by atoms with E-state index in [2.05, 4.69) is 80.9 Å². The summed E-state index contributed by atoms with van der Waals surface area (Å²) < 4.78 is 36.5. The minimum absolute atomic E-state index is 0. The normalized spacial score (nSPS) is 28.3. The van der Waals surface area contributed by atoms with Crippen molar-refractivity contribution in [2.45, 2.75) is 145 Å². The highest BCUT2D eigenvalue weighted by Gasteiger charge is 2.66. The number of fused-ring (bicyclic) bond motifs is 4. The van der Waals surface area contributed by atoms with Crippen molar-refractivity contribution in [3.05, 3.63) is 119 Å². The molecule has 71 heavy (non-hydrogen) atoms. The van der Waals surface area contributed by atoms with Crippen LogP contribution in [0.3, 0.4) is 0 Å². The van der Waals surface area contributed by atoms with E-state index in [0.29, 0.717) is 11.5 Å². The number of aromatic nitrogens is 2. The highest BCUT2D eigenvalue weighted by atomic mass is 79.9. The summed E-state index contributed by atoms with van der Waals surface area (Å²) in [5, 5.41) is 43.4. The number of rotatable bonds is 12. The number of benzene rings is 2. The van der Waals surface area contributed by atoms with E-state index in [-0.39, 0.29) is 58.4 Å². The SMILES string of the molecule is C.CN(C)[C@@H]1c2onc(OCc3ccccc3)c2C(=O)[C@@]2(O)[C@H](O[Si](C)(C)C(C)(C)C)[C@@H](Br)C=C[C@@H]12.CN(C)[C@@H]1c2onc(OCc3ccccc3)c2C(=O)[C@@]2(O)[C@H](O[Si](C)(C)C(C)(C)C)[C@H](O)C=C[C@@H]12. The van der Waals surface area contributed by atoms with Crippen molar-refractivity contribution >= 4 is 44.1 Å². The van der Waals surface area contributed by atoms with E-state index in [9.17, 15) is 24.9 Å². The number of nitrogens with zero attached hydrogens (tertiary/aromatic N) is 4. The molecule has 0 aliphatic heterocycles. The summed E-state index contributed by atoms with van der Waals surface area (Å²) in [5.41, 5.74) is -1.71. The number of Topliss-reactive ketones (excluding diaryl/α,β-unsaturated/α-hetero) is 2. The molecule has 2 heterocycles. The van der Waals surface area contributed by atoms with Crippen molar-refractivity contribution in [2.75, 3.05) is 28.2 Å². The molecule has 0 spiro atoms. The maximum atomic E-state index is 14.2. The quantitative estimate of drug-likeness (QED) is 0.0690. The number of aliphatic hydroxyl groups excluding tert-OH is 1. The molecule has 4 aliphatic rings. The zero-order chi connectivity index (χ0) is 51.5. The smallest absolute Gasteiger partial charge is 0.265 e. The van der Waals surface area contributed by atoms with Gasteiger partial charge in [-0.3, -0.25) is 19.4 Å². The van der Waals surface area contributed by atoms with Crippen LogP contribution in [0.2, 0.25) is 36.3 Å². The molecule has 0 bridgehead atoms. The molecule has 0 radical (unpaired) electrons. The first-order valence-corrected chi connectivity index (χ1v) is 30.5. The molecule has 3 N–H and O–H groups in total. The van der Waals surface area contributed by atoms with Crippen LogP contribution in [0.25, 0.3) is 0 Å². The van der Waals surface area contributed by atoms with Crippen LogP contribution in [0.15, 0.2) is 94.0 Å². The van der Waals surface area contributed by atoms with Gasteiger partial charge in [-0.25, -0.2) is 0 Å². The number of halogens is 1. The van der Waals surface area contributed by atoms with Crippen LogP contribution in [-0.4, -0.2) is 126 Å². The van der Waals surface area contributed by atoms with Crippen molar-refractivity contribution in [2.24, 2.45) is 11.8 Å². The molecular formula is C53H75BrN4O11Si2. The lowest BCUT2D eigenvalue weighted by Crippen LogP contribution is -2.67. The Bertz CT molecular complexity index is 2390. The highest BCUT2D eigenvalue weighted by Crippen LogP contribution is 2.54. The third-order valence-electron chi connectivity index (χ3n) is 15.3. The van der Waals surface area contributed by atoms with Gasteiger partial charge in [0.2, 0.25) is 11.6 Å². The van der Waals surface area contributed by atoms with Gasteiger partial charge in [0.05, 0.1) is 23.0 Å². The van der Waals surface area contributed by atoms with Gasteiger partial charge in [-0.2, -0.15) is 0 Å². The summed E-state index contributed by atoms with van der Waals surface area (Å²) in [7, 11) is 2.67. The fourth-order valence-electron chi connectivity index (χ4n) is 9.28. The lowest BCUT2D eigenvalue weighted by atomic mass is 9.64. The summed E-state index contributed by atoms with van der Waals surface area (Å²) in [4.78, 5) is 31.7. The van der Waals surface area contributed by atoms with Crippen LogP contribution in [0.5, 0.6) is 11.8 Å². The minimum Gasteiger partial charge on any atom is -0.470 e. The van der Waals surface area contributed by atoms with E-state index in [1.807, 2.05) is 124 Å². The molecule has 388 valence electrons. The number of carbonyl (C=O) groups is 2. The zero-order valence-corrected chi connectivity index (χ0v) is 46.5. The average molecular weight is 1080 g/mol. The maximum absolute atomic E-state index is 14.2. The predicted molar refractivity (Wildman–Crippen MR) is 281 cm³/mol. The molecule has 0 fully saturated rings. The number of carbonyl (C=O) groups excluding carboxylic acids is 2. The second-order valence-corrected chi connectivity index (χ2v) is 33.1. The van der Waals surface area contributed by atoms with Gasteiger partial charge < -0.3 is 42.7 Å². The van der Waals surface area contributed by atoms with E-state index in [1.165, 1.54) is 0 Å². The zero-order valence-electron chi connectivity index (χ0n) is 42.9. The number of alkyl halides is 1. The summed E-state index contributed by atoms with van der Waals surface area (Å²) in [6, 6.07) is 18.2. The van der Waals surface area contributed by atoms with Gasteiger partial charge in [0.15, 0.2) is 39.4 Å². The first-order chi connectivity index (χ1) is 32.6. The van der Waals surface area contributed by atoms with Crippen LogP contribution in [-0.2, 0) is 22.1 Å². The second kappa shape index (κ2) is 20.7. The van der Waals surface area contributed by atoms with E-state index in [4.69, 9.17) is 27.4 Å². The largest absolute Gasteiger partial charge is 0.470 e. The molecule has 15 nitrogen and oxygen atoms in total. The molecule has 0 saturated heterocycles. The molecular weight excluding hydrogens is 1000 g/mol. The highest BCUT2D eigenvalue weighted by molar-refractivity contribution is 9.09. The van der Waals surface area contributed by atoms with Gasteiger partial charge in [-0.05, 0) is 85.9 Å². The monoisotopic (exact) mass is 1080 g/mol. The Hall–Kier alpha value is -4.09. The number of ether oxygens (including phenoxy) is 2. The standard InChI is InChI=1S/C26H35BrN2O5Si.C26H36N2O6Si.CH4/c1-25(2,3)35(6,7)34-23-18(27)14-13-17-20(29(4)5)21-19(22(30)26(17,23)31)24(28-33-21)32-15-16-11-9-8-10-12-16;1-25(2,3)35(6,7)34-23-18(29)14-13-17-20(28(4)5)21-19(22(30)26(17,23)31)24(27-33-21)32-15-16-11-9-8-10-12-16;/h8-14,17-18,20,23,31H,15H2,1-7H3;8-14,17-18,20,23,29,31H,15H2,1-7H3;1H4/t17-,18-,20-,23+,26+;17-,18+,20-,23+,26+;/m00./s1. The van der Waals surface area contributed by atoms with Crippen LogP contribution in [0, 0.1) is 11.8 Å². The Morgan fingerprint density at radius 3 is 1.38 bits per heavy atom. The Morgan fingerprint density at radius 2 is 1.00 bits per heavy atom. The molecule has 0 amide bonds. The van der Waals surface area contributed by atoms with E-state index in [0.717, 1.165) is 11.1 Å². The Balaban J connectivity index is 0.000000229. The summed E-state index contributed by atoms with van der Waals surface area (Å²) in [6.45, 7) is 21.4. The molecule has 0 unspecified atom stereocenters. The van der Waals surface area contributed by atoms with Crippen molar-refractivity contribution in [1.82, 2.24) is 20.1 Å². The number of hydrogen-bond donors (Lipinski definition) is 3. The van der Waals surface area contributed by atoms with Crippen molar-refractivity contribution in [1.29, 1.82) is 0 Å². The van der Waals surface area contributed by atoms with Crippen LogP contribution in [0.1, 0.15) is 104 Å². The van der Waals surface area contributed by atoms with Gasteiger partial charge in [0.1, 0.15) is 36.5 Å². The van der Waals surface area contributed by atoms with Crippen molar-refractivity contribution in [3.8, 4) is 11.8 Å². The van der Waals surface area contributed by atoms with Gasteiger partial charge in [-0.15, -0.1) is 0 Å².